The van der Waals surface area contributed by atoms with Crippen molar-refractivity contribution in [3.8, 4) is 11.5 Å². The molecule has 120 valence electrons. The van der Waals surface area contributed by atoms with Gasteiger partial charge in [-0.1, -0.05) is 36.4 Å². The van der Waals surface area contributed by atoms with Gasteiger partial charge in [-0.3, -0.25) is 0 Å². The lowest BCUT2D eigenvalue weighted by Crippen LogP contribution is -2.43. The number of para-hydroxylation sites is 2. The van der Waals surface area contributed by atoms with E-state index in [1.54, 1.807) is 17.0 Å². The van der Waals surface area contributed by atoms with Crippen molar-refractivity contribution in [2.24, 2.45) is 5.92 Å². The fourth-order valence-electron chi connectivity index (χ4n) is 2.75. The summed E-state index contributed by atoms with van der Waals surface area (Å²) in [6.07, 6.45) is 1.77. The van der Waals surface area contributed by atoms with Gasteiger partial charge in [0.25, 0.3) is 0 Å². The van der Waals surface area contributed by atoms with Crippen molar-refractivity contribution in [1.29, 1.82) is 0 Å². The molecule has 1 aliphatic rings. The van der Waals surface area contributed by atoms with Gasteiger partial charge in [-0.25, -0.2) is 4.79 Å². The molecular formula is C19H21NO3. The van der Waals surface area contributed by atoms with E-state index >= 15 is 0 Å². The van der Waals surface area contributed by atoms with E-state index in [0.717, 1.165) is 25.1 Å². The maximum Gasteiger partial charge on any atom is 0.415 e. The second kappa shape index (κ2) is 7.68. The number of nitrogens with zero attached hydrogens (tertiary/aromatic N) is 1. The number of carbonyl (C=O) groups is 1. The van der Waals surface area contributed by atoms with Crippen LogP contribution in [0, 0.1) is 5.92 Å². The first kappa shape index (κ1) is 15.4. The molecule has 1 amide bonds. The van der Waals surface area contributed by atoms with Gasteiger partial charge in [-0.05, 0) is 37.1 Å². The Morgan fingerprint density at radius 1 is 1.00 bits per heavy atom. The number of hydrogen-bond donors (Lipinski definition) is 0. The molecule has 4 heteroatoms. The minimum Gasteiger partial charge on any atom is -0.493 e. The van der Waals surface area contributed by atoms with Gasteiger partial charge in [0, 0.05) is 19.0 Å². The number of benzene rings is 2. The first-order chi connectivity index (χ1) is 11.3. The molecule has 0 bridgehead atoms. The van der Waals surface area contributed by atoms with Crippen molar-refractivity contribution in [2.75, 3.05) is 19.7 Å². The lowest BCUT2D eigenvalue weighted by molar-refractivity contribution is 0.110. The Kier molecular flexibility index (Phi) is 5.14. The first-order valence-electron chi connectivity index (χ1n) is 8.01. The average molecular weight is 311 g/mol. The molecule has 0 radical (unpaired) electrons. The molecule has 1 unspecified atom stereocenters. The lowest BCUT2D eigenvalue weighted by atomic mass is 9.99. The first-order valence-corrected chi connectivity index (χ1v) is 8.01. The maximum atomic E-state index is 12.3. The Hall–Kier alpha value is -2.49. The maximum absolute atomic E-state index is 12.3. The zero-order chi connectivity index (χ0) is 15.9. The Labute approximate surface area is 136 Å². The Bertz CT molecular complexity index is 615. The van der Waals surface area contributed by atoms with Crippen LogP contribution >= 0.6 is 0 Å². The fraction of sp³-hybridized carbons (Fsp3) is 0.316. The predicted molar refractivity (Wildman–Crippen MR) is 88.7 cm³/mol. The fourth-order valence-corrected chi connectivity index (χ4v) is 2.75. The van der Waals surface area contributed by atoms with Gasteiger partial charge in [-0.2, -0.15) is 0 Å². The zero-order valence-electron chi connectivity index (χ0n) is 13.1. The molecule has 1 fully saturated rings. The Morgan fingerprint density at radius 3 is 2.35 bits per heavy atom. The van der Waals surface area contributed by atoms with Crippen molar-refractivity contribution in [3.63, 3.8) is 0 Å². The predicted octanol–water partition coefficient (Wildman–Crippen LogP) is 3.98. The van der Waals surface area contributed by atoms with Gasteiger partial charge in [0.1, 0.15) is 11.5 Å². The summed E-state index contributed by atoms with van der Waals surface area (Å²) >= 11 is 0. The molecule has 0 aliphatic carbocycles. The molecule has 1 heterocycles. The van der Waals surface area contributed by atoms with Crippen LogP contribution in [0.15, 0.2) is 60.7 Å². The quantitative estimate of drug-likeness (QED) is 0.857. The minimum atomic E-state index is -0.277. The summed E-state index contributed by atoms with van der Waals surface area (Å²) in [5, 5.41) is 0. The molecule has 2 aromatic rings. The van der Waals surface area contributed by atoms with E-state index in [1.165, 1.54) is 0 Å². The molecule has 23 heavy (non-hydrogen) atoms. The summed E-state index contributed by atoms with van der Waals surface area (Å²) in [7, 11) is 0. The van der Waals surface area contributed by atoms with E-state index in [1.807, 2.05) is 48.5 Å². The number of rotatable bonds is 4. The molecule has 0 aromatic heterocycles. The molecule has 0 spiro atoms. The van der Waals surface area contributed by atoms with Crippen molar-refractivity contribution in [1.82, 2.24) is 4.90 Å². The van der Waals surface area contributed by atoms with Crippen LogP contribution in [0.25, 0.3) is 0 Å². The van der Waals surface area contributed by atoms with Crippen LogP contribution in [0.5, 0.6) is 11.5 Å². The summed E-state index contributed by atoms with van der Waals surface area (Å²) in [5.41, 5.74) is 0. The van der Waals surface area contributed by atoms with Crippen LogP contribution in [0.4, 0.5) is 4.79 Å². The van der Waals surface area contributed by atoms with Crippen molar-refractivity contribution in [3.05, 3.63) is 60.7 Å². The van der Waals surface area contributed by atoms with Gasteiger partial charge in [-0.15, -0.1) is 0 Å². The van der Waals surface area contributed by atoms with Crippen LogP contribution in [0.1, 0.15) is 12.8 Å². The van der Waals surface area contributed by atoms with Gasteiger partial charge in [0.15, 0.2) is 0 Å². The SMILES string of the molecule is O=C(Oc1ccccc1)N1CCCC(COc2ccccc2)C1. The van der Waals surface area contributed by atoms with Crippen LogP contribution < -0.4 is 9.47 Å². The molecule has 3 rings (SSSR count). The monoisotopic (exact) mass is 311 g/mol. The third kappa shape index (κ3) is 4.49. The second-order valence-electron chi connectivity index (χ2n) is 5.76. The minimum absolute atomic E-state index is 0.277. The summed E-state index contributed by atoms with van der Waals surface area (Å²) in [6.45, 7) is 2.05. The summed E-state index contributed by atoms with van der Waals surface area (Å²) in [6, 6.07) is 19.0. The number of likely N-dealkylation sites (tertiary alicyclic amines) is 1. The highest BCUT2D eigenvalue weighted by molar-refractivity contribution is 5.70. The molecule has 0 saturated carbocycles. The van der Waals surface area contributed by atoms with Gasteiger partial charge in [0.2, 0.25) is 0 Å². The molecular weight excluding hydrogens is 290 g/mol. The Balaban J connectivity index is 1.50. The lowest BCUT2D eigenvalue weighted by Gasteiger charge is -2.31. The number of carbonyl (C=O) groups excluding carboxylic acids is 1. The molecule has 4 nitrogen and oxygen atoms in total. The van der Waals surface area contributed by atoms with Gasteiger partial charge >= 0.3 is 6.09 Å². The number of hydrogen-bond acceptors (Lipinski definition) is 3. The normalized spacial score (nSPS) is 17.6. The topological polar surface area (TPSA) is 38.8 Å². The van der Waals surface area contributed by atoms with Crippen LogP contribution in [0.2, 0.25) is 0 Å². The van der Waals surface area contributed by atoms with E-state index in [0.29, 0.717) is 24.8 Å². The number of ether oxygens (including phenoxy) is 2. The van der Waals surface area contributed by atoms with Crippen molar-refractivity contribution < 1.29 is 14.3 Å². The average Bonchev–Trinajstić information content (AvgIpc) is 2.62. The highest BCUT2D eigenvalue weighted by Gasteiger charge is 2.25. The van der Waals surface area contributed by atoms with Gasteiger partial charge in [0.05, 0.1) is 6.61 Å². The molecule has 1 atom stereocenters. The Morgan fingerprint density at radius 2 is 1.65 bits per heavy atom. The zero-order valence-corrected chi connectivity index (χ0v) is 13.1. The molecule has 1 aliphatic heterocycles. The van der Waals surface area contributed by atoms with E-state index in [2.05, 4.69) is 0 Å². The third-order valence-electron chi connectivity index (χ3n) is 3.95. The van der Waals surface area contributed by atoms with E-state index in [-0.39, 0.29) is 6.09 Å². The van der Waals surface area contributed by atoms with E-state index in [9.17, 15) is 4.79 Å². The third-order valence-corrected chi connectivity index (χ3v) is 3.95. The molecule has 0 N–H and O–H groups in total. The van der Waals surface area contributed by atoms with Crippen molar-refractivity contribution >= 4 is 6.09 Å². The van der Waals surface area contributed by atoms with Crippen LogP contribution in [-0.4, -0.2) is 30.7 Å². The summed E-state index contributed by atoms with van der Waals surface area (Å²) < 4.78 is 11.2. The smallest absolute Gasteiger partial charge is 0.415 e. The summed E-state index contributed by atoms with van der Waals surface area (Å²) in [5.74, 6) is 1.80. The summed E-state index contributed by atoms with van der Waals surface area (Å²) in [4.78, 5) is 14.0. The van der Waals surface area contributed by atoms with E-state index in [4.69, 9.17) is 9.47 Å². The largest absolute Gasteiger partial charge is 0.493 e. The standard InChI is InChI=1S/C19H21NO3/c21-19(23-18-11-5-2-6-12-18)20-13-7-8-16(14-20)15-22-17-9-3-1-4-10-17/h1-6,9-12,16H,7-8,13-15H2. The highest BCUT2D eigenvalue weighted by Crippen LogP contribution is 2.20. The highest BCUT2D eigenvalue weighted by atomic mass is 16.6. The van der Waals surface area contributed by atoms with Crippen molar-refractivity contribution in [2.45, 2.75) is 12.8 Å². The van der Waals surface area contributed by atoms with Crippen LogP contribution in [0.3, 0.4) is 0 Å². The number of amides is 1. The van der Waals surface area contributed by atoms with E-state index < -0.39 is 0 Å². The molecule has 1 saturated heterocycles. The van der Waals surface area contributed by atoms with Gasteiger partial charge < -0.3 is 14.4 Å². The second-order valence-corrected chi connectivity index (χ2v) is 5.76. The van der Waals surface area contributed by atoms with Crippen LogP contribution in [-0.2, 0) is 0 Å². The molecule has 2 aromatic carbocycles. The number of piperidine rings is 1.